The van der Waals surface area contributed by atoms with E-state index in [4.69, 9.17) is 0 Å². The van der Waals surface area contributed by atoms with Crippen LogP contribution in [-0.4, -0.2) is 21.9 Å². The monoisotopic (exact) mass is 323 g/mol. The third-order valence-corrected chi connectivity index (χ3v) is 4.59. The van der Waals surface area contributed by atoms with Crippen molar-refractivity contribution in [2.75, 3.05) is 11.1 Å². The highest BCUT2D eigenvalue weighted by Gasteiger charge is 2.25. The van der Waals surface area contributed by atoms with Gasteiger partial charge in [-0.1, -0.05) is 28.1 Å². The van der Waals surface area contributed by atoms with Gasteiger partial charge in [-0.05, 0) is 17.7 Å². The quantitative estimate of drug-likeness (QED) is 0.848. The Balaban J connectivity index is 2.02. The number of thioether (sulfide) groups is 1. The van der Waals surface area contributed by atoms with E-state index < -0.39 is 0 Å². The van der Waals surface area contributed by atoms with Crippen molar-refractivity contribution in [3.05, 3.63) is 46.1 Å². The molecule has 0 aliphatic carbocycles. The molecular weight excluding hydrogens is 314 g/mol. The number of amides is 1. The first kappa shape index (κ1) is 11.8. The fourth-order valence-corrected chi connectivity index (χ4v) is 3.29. The van der Waals surface area contributed by atoms with Gasteiger partial charge in [0.1, 0.15) is 5.82 Å². The Morgan fingerprint density at radius 3 is 2.89 bits per heavy atom. The zero-order valence-corrected chi connectivity index (χ0v) is 11.7. The number of carbonyl (C=O) groups excluding carboxylic acids is 1. The number of H-pyrrole nitrogens is 1. The van der Waals surface area contributed by atoms with Gasteiger partial charge < -0.3 is 5.32 Å². The van der Waals surface area contributed by atoms with Crippen LogP contribution in [0.4, 0.5) is 5.82 Å². The van der Waals surface area contributed by atoms with E-state index in [-0.39, 0.29) is 11.2 Å². The van der Waals surface area contributed by atoms with Gasteiger partial charge in [-0.25, -0.2) is 0 Å². The minimum Gasteiger partial charge on any atom is -0.310 e. The second kappa shape index (κ2) is 4.78. The summed E-state index contributed by atoms with van der Waals surface area (Å²) in [6, 6.07) is 8.15. The predicted molar refractivity (Wildman–Crippen MR) is 75.7 cm³/mol. The average molecular weight is 324 g/mol. The number of fused-ring (bicyclic) bond motifs is 1. The maximum atomic E-state index is 11.6. The molecular formula is C12H10BrN3OS. The molecule has 3 rings (SSSR count). The Hall–Kier alpha value is -1.27. The minimum atomic E-state index is 0.00473. The topological polar surface area (TPSA) is 57.8 Å². The highest BCUT2D eigenvalue weighted by molar-refractivity contribution is 9.10. The highest BCUT2D eigenvalue weighted by Crippen LogP contribution is 2.40. The van der Waals surface area contributed by atoms with Crippen LogP contribution in [0.3, 0.4) is 0 Å². The van der Waals surface area contributed by atoms with Crippen molar-refractivity contribution in [3.8, 4) is 0 Å². The van der Waals surface area contributed by atoms with E-state index in [1.807, 2.05) is 12.1 Å². The van der Waals surface area contributed by atoms with Crippen LogP contribution >= 0.6 is 27.7 Å². The first-order chi connectivity index (χ1) is 8.74. The molecule has 0 unspecified atom stereocenters. The molecule has 18 heavy (non-hydrogen) atoms. The van der Waals surface area contributed by atoms with Crippen LogP contribution in [0.15, 0.2) is 34.9 Å². The van der Waals surface area contributed by atoms with Gasteiger partial charge in [-0.15, -0.1) is 11.8 Å². The summed E-state index contributed by atoms with van der Waals surface area (Å²) in [5.41, 5.74) is 2.19. The van der Waals surface area contributed by atoms with Crippen molar-refractivity contribution >= 4 is 39.4 Å². The summed E-state index contributed by atoms with van der Waals surface area (Å²) in [4.78, 5) is 11.6. The number of nitrogens with zero attached hydrogens (tertiary/aromatic N) is 1. The lowest BCUT2D eigenvalue weighted by atomic mass is 10.1. The molecule has 1 aromatic carbocycles. The van der Waals surface area contributed by atoms with Crippen molar-refractivity contribution in [1.29, 1.82) is 0 Å². The van der Waals surface area contributed by atoms with E-state index in [1.54, 1.807) is 18.0 Å². The Morgan fingerprint density at radius 1 is 1.33 bits per heavy atom. The molecule has 1 amide bonds. The van der Waals surface area contributed by atoms with Crippen LogP contribution in [0.2, 0.25) is 0 Å². The van der Waals surface area contributed by atoms with E-state index >= 15 is 0 Å². The molecule has 2 heterocycles. The third kappa shape index (κ3) is 2.18. The molecule has 1 aliphatic rings. The molecule has 1 aromatic heterocycles. The van der Waals surface area contributed by atoms with E-state index in [0.717, 1.165) is 10.0 Å². The number of carbonyl (C=O) groups is 1. The Labute approximate surface area is 117 Å². The normalized spacial score (nSPS) is 18.9. The first-order valence-electron chi connectivity index (χ1n) is 5.44. The van der Waals surface area contributed by atoms with Crippen LogP contribution < -0.4 is 5.32 Å². The molecule has 6 heteroatoms. The number of halogens is 1. The van der Waals surface area contributed by atoms with Crippen molar-refractivity contribution in [3.63, 3.8) is 0 Å². The number of aromatic nitrogens is 2. The van der Waals surface area contributed by atoms with E-state index in [2.05, 4.69) is 43.6 Å². The van der Waals surface area contributed by atoms with Gasteiger partial charge in [0.15, 0.2) is 0 Å². The number of rotatable bonds is 1. The van der Waals surface area contributed by atoms with Crippen molar-refractivity contribution in [2.24, 2.45) is 0 Å². The van der Waals surface area contributed by atoms with Crippen molar-refractivity contribution in [1.82, 2.24) is 10.2 Å². The molecule has 0 spiro atoms. The first-order valence-corrected chi connectivity index (χ1v) is 7.28. The van der Waals surface area contributed by atoms with E-state index in [9.17, 15) is 4.79 Å². The van der Waals surface area contributed by atoms with Gasteiger partial charge in [0.2, 0.25) is 5.91 Å². The second-order valence-corrected chi connectivity index (χ2v) is 6.00. The highest BCUT2D eigenvalue weighted by atomic mass is 79.9. The largest absolute Gasteiger partial charge is 0.310 e. The minimum absolute atomic E-state index is 0.00473. The molecule has 0 radical (unpaired) electrons. The molecule has 0 saturated carbocycles. The van der Waals surface area contributed by atoms with Gasteiger partial charge in [-0.2, -0.15) is 5.10 Å². The summed E-state index contributed by atoms with van der Waals surface area (Å²) < 4.78 is 1.05. The van der Waals surface area contributed by atoms with Gasteiger partial charge in [-0.3, -0.25) is 9.89 Å². The molecule has 4 nitrogen and oxygen atoms in total. The molecule has 2 aromatic rings. The van der Waals surface area contributed by atoms with Crippen molar-refractivity contribution in [2.45, 2.75) is 5.25 Å². The SMILES string of the molecule is O=C1CS[C@@H](c2ccc(Br)cc2)c2cn[nH]c2N1. The molecule has 0 bridgehead atoms. The maximum absolute atomic E-state index is 11.6. The zero-order chi connectivity index (χ0) is 12.5. The Bertz CT molecular complexity index is 581. The van der Waals surface area contributed by atoms with Crippen LogP contribution in [0.25, 0.3) is 0 Å². The average Bonchev–Trinajstić information content (AvgIpc) is 2.74. The number of anilines is 1. The summed E-state index contributed by atoms with van der Waals surface area (Å²) in [7, 11) is 0. The van der Waals surface area contributed by atoms with Crippen LogP contribution in [-0.2, 0) is 4.79 Å². The van der Waals surface area contributed by atoms with Gasteiger partial charge >= 0.3 is 0 Å². The third-order valence-electron chi connectivity index (χ3n) is 2.77. The van der Waals surface area contributed by atoms with Gasteiger partial charge in [0.05, 0.1) is 17.2 Å². The lowest BCUT2D eigenvalue weighted by molar-refractivity contribution is -0.113. The zero-order valence-electron chi connectivity index (χ0n) is 9.31. The summed E-state index contributed by atoms with van der Waals surface area (Å²) in [5, 5.41) is 9.80. The number of aromatic amines is 1. The van der Waals surface area contributed by atoms with Crippen LogP contribution in [0, 0.1) is 0 Å². The summed E-state index contributed by atoms with van der Waals surface area (Å²) >= 11 is 5.04. The number of benzene rings is 1. The number of nitrogens with one attached hydrogen (secondary N) is 2. The standard InChI is InChI=1S/C12H10BrN3OS/c13-8-3-1-7(2-4-8)11-9-5-14-16-12(9)15-10(17)6-18-11/h1-5,11H,6H2,(H2,14,15,16,17)/t11-/m0/s1. The molecule has 1 aliphatic heterocycles. The van der Waals surface area contributed by atoms with Gasteiger partial charge in [0, 0.05) is 10.0 Å². The molecule has 0 saturated heterocycles. The lowest BCUT2D eigenvalue weighted by Gasteiger charge is -2.13. The van der Waals surface area contributed by atoms with Crippen LogP contribution in [0.5, 0.6) is 0 Å². The van der Waals surface area contributed by atoms with Gasteiger partial charge in [0.25, 0.3) is 0 Å². The summed E-state index contributed by atoms with van der Waals surface area (Å²) in [6.45, 7) is 0. The summed E-state index contributed by atoms with van der Waals surface area (Å²) in [6.07, 6.45) is 1.78. The Kier molecular flexibility index (Phi) is 3.13. The van der Waals surface area contributed by atoms with Crippen molar-refractivity contribution < 1.29 is 4.79 Å². The van der Waals surface area contributed by atoms with Crippen LogP contribution in [0.1, 0.15) is 16.4 Å². The fourth-order valence-electron chi connectivity index (χ4n) is 1.93. The fraction of sp³-hybridized carbons (Fsp3) is 0.167. The maximum Gasteiger partial charge on any atom is 0.235 e. The number of hydrogen-bond donors (Lipinski definition) is 2. The summed E-state index contributed by atoms with van der Waals surface area (Å²) in [5.74, 6) is 1.16. The molecule has 2 N–H and O–H groups in total. The lowest BCUT2D eigenvalue weighted by Crippen LogP contribution is -2.12. The second-order valence-electron chi connectivity index (χ2n) is 3.99. The molecule has 0 fully saturated rings. The molecule has 1 atom stereocenters. The van der Waals surface area contributed by atoms with E-state index in [1.165, 1.54) is 5.56 Å². The predicted octanol–water partition coefficient (Wildman–Crippen LogP) is 2.95. The molecule has 92 valence electrons. The smallest absolute Gasteiger partial charge is 0.235 e. The number of hydrogen-bond acceptors (Lipinski definition) is 3. The van der Waals surface area contributed by atoms with E-state index in [0.29, 0.717) is 11.6 Å². The Morgan fingerprint density at radius 2 is 2.11 bits per heavy atom.